The van der Waals surface area contributed by atoms with E-state index in [2.05, 4.69) is 10.6 Å². The highest BCUT2D eigenvalue weighted by atomic mass is 35.5. The average Bonchev–Trinajstić information content (AvgIpc) is 2.50. The molecule has 2 N–H and O–H groups in total. The summed E-state index contributed by atoms with van der Waals surface area (Å²) in [5.41, 5.74) is -0.293. The second kappa shape index (κ2) is 7.53. The summed E-state index contributed by atoms with van der Waals surface area (Å²) in [7, 11) is 0. The van der Waals surface area contributed by atoms with E-state index in [1.807, 2.05) is 0 Å². The summed E-state index contributed by atoms with van der Waals surface area (Å²) in [6.07, 6.45) is -4.52. The Bertz CT molecular complexity index is 717. The van der Waals surface area contributed by atoms with Gasteiger partial charge in [-0.25, -0.2) is 4.39 Å². The minimum absolute atomic E-state index is 0.0291. The largest absolute Gasteiger partial charge is 0.417 e. The molecule has 8 heteroatoms. The Morgan fingerprint density at radius 2 is 1.67 bits per heavy atom. The van der Waals surface area contributed by atoms with Crippen molar-refractivity contribution in [2.24, 2.45) is 0 Å². The first-order chi connectivity index (χ1) is 11.3. The first-order valence-corrected chi connectivity index (χ1v) is 7.29. The summed E-state index contributed by atoms with van der Waals surface area (Å²) in [4.78, 5) is 11.7. The number of nitrogens with one attached hydrogen (secondary N) is 2. The second-order valence-electron chi connectivity index (χ2n) is 4.92. The van der Waals surface area contributed by atoms with Crippen molar-refractivity contribution >= 4 is 28.9 Å². The second-order valence-corrected chi connectivity index (χ2v) is 5.33. The normalized spacial score (nSPS) is 11.2. The molecule has 0 heterocycles. The number of alkyl halides is 3. The van der Waals surface area contributed by atoms with Crippen LogP contribution in [0, 0.1) is 5.82 Å². The van der Waals surface area contributed by atoms with Crippen LogP contribution < -0.4 is 10.6 Å². The van der Waals surface area contributed by atoms with Gasteiger partial charge in [0.25, 0.3) is 0 Å². The van der Waals surface area contributed by atoms with E-state index in [0.717, 1.165) is 12.1 Å². The predicted molar refractivity (Wildman–Crippen MR) is 84.6 cm³/mol. The van der Waals surface area contributed by atoms with Crippen LogP contribution in [0.15, 0.2) is 42.5 Å². The molecule has 0 spiro atoms. The van der Waals surface area contributed by atoms with Crippen LogP contribution in [0.3, 0.4) is 0 Å². The van der Waals surface area contributed by atoms with Gasteiger partial charge in [-0.05, 0) is 42.5 Å². The number of carbonyl (C=O) groups excluding carboxylic acids is 1. The lowest BCUT2D eigenvalue weighted by atomic mass is 10.2. The summed E-state index contributed by atoms with van der Waals surface area (Å²) in [5.74, 6) is -0.767. The van der Waals surface area contributed by atoms with E-state index in [4.69, 9.17) is 11.6 Å². The van der Waals surface area contributed by atoms with Crippen molar-refractivity contribution in [3.63, 3.8) is 0 Å². The van der Waals surface area contributed by atoms with Gasteiger partial charge in [0, 0.05) is 24.3 Å². The molecule has 0 unspecified atom stereocenters. The van der Waals surface area contributed by atoms with Crippen LogP contribution >= 0.6 is 11.6 Å². The zero-order valence-corrected chi connectivity index (χ0v) is 13.0. The summed E-state index contributed by atoms with van der Waals surface area (Å²) in [5, 5.41) is 4.90. The van der Waals surface area contributed by atoms with Gasteiger partial charge in [0.1, 0.15) is 5.82 Å². The zero-order chi connectivity index (χ0) is 17.7. The van der Waals surface area contributed by atoms with Gasteiger partial charge in [-0.2, -0.15) is 13.2 Å². The number of hydrogen-bond donors (Lipinski definition) is 2. The minimum atomic E-state index is -4.55. The molecule has 0 aliphatic carbocycles. The van der Waals surface area contributed by atoms with Gasteiger partial charge in [-0.3, -0.25) is 4.79 Å². The van der Waals surface area contributed by atoms with Crippen LogP contribution in [0.25, 0.3) is 0 Å². The van der Waals surface area contributed by atoms with Crippen molar-refractivity contribution in [2.75, 3.05) is 17.2 Å². The number of carbonyl (C=O) groups is 1. The molecule has 0 radical (unpaired) electrons. The van der Waals surface area contributed by atoms with Gasteiger partial charge in [0.05, 0.1) is 10.6 Å². The quantitative estimate of drug-likeness (QED) is 0.742. The van der Waals surface area contributed by atoms with Crippen LogP contribution in [0.4, 0.5) is 28.9 Å². The Labute approximate surface area is 140 Å². The number of anilines is 2. The highest BCUT2D eigenvalue weighted by molar-refractivity contribution is 6.31. The van der Waals surface area contributed by atoms with E-state index in [1.165, 1.54) is 30.3 Å². The van der Waals surface area contributed by atoms with Crippen molar-refractivity contribution < 1.29 is 22.4 Å². The van der Waals surface area contributed by atoms with Gasteiger partial charge in [0.15, 0.2) is 0 Å². The van der Waals surface area contributed by atoms with Crippen LogP contribution in [0.1, 0.15) is 12.0 Å². The molecule has 1 amide bonds. The molecule has 0 saturated carbocycles. The number of amides is 1. The monoisotopic (exact) mass is 360 g/mol. The van der Waals surface area contributed by atoms with E-state index in [0.29, 0.717) is 5.69 Å². The summed E-state index contributed by atoms with van der Waals surface area (Å²) in [6.45, 7) is 0.131. The third-order valence-corrected chi connectivity index (χ3v) is 3.41. The maximum atomic E-state index is 12.7. The van der Waals surface area contributed by atoms with Crippen molar-refractivity contribution in [2.45, 2.75) is 12.6 Å². The first-order valence-electron chi connectivity index (χ1n) is 6.92. The smallest absolute Gasteiger partial charge is 0.385 e. The summed E-state index contributed by atoms with van der Waals surface area (Å²) >= 11 is 5.53. The maximum Gasteiger partial charge on any atom is 0.417 e. The average molecular weight is 361 g/mol. The van der Waals surface area contributed by atoms with Crippen molar-refractivity contribution in [1.29, 1.82) is 0 Å². The molecule has 2 rings (SSSR count). The Kier molecular flexibility index (Phi) is 5.66. The fourth-order valence-electron chi connectivity index (χ4n) is 1.93. The van der Waals surface area contributed by atoms with Gasteiger partial charge in [-0.1, -0.05) is 11.6 Å². The first kappa shape index (κ1) is 18.1. The lowest BCUT2D eigenvalue weighted by Crippen LogP contribution is -2.16. The fourth-order valence-corrected chi connectivity index (χ4v) is 2.15. The van der Waals surface area contributed by atoms with Crippen LogP contribution in [-0.2, 0) is 11.0 Å². The summed E-state index contributed by atoms with van der Waals surface area (Å²) < 4.78 is 51.0. The molecule has 0 saturated heterocycles. The van der Waals surface area contributed by atoms with Crippen LogP contribution in [-0.4, -0.2) is 12.5 Å². The van der Waals surface area contributed by atoms with E-state index in [1.54, 1.807) is 0 Å². The van der Waals surface area contributed by atoms with Crippen molar-refractivity contribution in [3.05, 3.63) is 58.9 Å². The molecule has 0 aliphatic heterocycles. The molecule has 2 aromatic rings. The van der Waals surface area contributed by atoms with Crippen LogP contribution in [0.2, 0.25) is 5.02 Å². The molecule has 3 nitrogen and oxygen atoms in total. The van der Waals surface area contributed by atoms with E-state index in [-0.39, 0.29) is 29.6 Å². The zero-order valence-electron chi connectivity index (χ0n) is 12.3. The molecular formula is C16H13ClF4N2O. The van der Waals surface area contributed by atoms with E-state index in [9.17, 15) is 22.4 Å². The highest BCUT2D eigenvalue weighted by Gasteiger charge is 2.33. The molecule has 24 heavy (non-hydrogen) atoms. The Morgan fingerprint density at radius 1 is 1.04 bits per heavy atom. The topological polar surface area (TPSA) is 41.1 Å². The van der Waals surface area contributed by atoms with E-state index >= 15 is 0 Å². The standard InChI is InChI=1S/C16H13ClF4N2O/c17-14-6-5-12(9-13(14)16(19,20)21)22-8-7-15(24)23-11-3-1-10(18)2-4-11/h1-6,9,22H,7-8H2,(H,23,24). The van der Waals surface area contributed by atoms with Crippen molar-refractivity contribution in [1.82, 2.24) is 0 Å². The number of hydrogen-bond acceptors (Lipinski definition) is 2. The Hall–Kier alpha value is -2.28. The number of rotatable bonds is 5. The molecule has 2 aromatic carbocycles. The Morgan fingerprint density at radius 3 is 2.29 bits per heavy atom. The summed E-state index contributed by atoms with van der Waals surface area (Å²) in [6, 6.07) is 8.67. The van der Waals surface area contributed by atoms with Gasteiger partial charge < -0.3 is 10.6 Å². The SMILES string of the molecule is O=C(CCNc1ccc(Cl)c(C(F)(F)F)c1)Nc1ccc(F)cc1. The predicted octanol–water partition coefficient (Wildman–Crippen LogP) is 4.94. The molecule has 128 valence electrons. The van der Waals surface area contributed by atoms with E-state index < -0.39 is 17.6 Å². The lowest BCUT2D eigenvalue weighted by molar-refractivity contribution is -0.137. The third-order valence-electron chi connectivity index (χ3n) is 3.08. The Balaban J connectivity index is 1.87. The minimum Gasteiger partial charge on any atom is -0.385 e. The molecule has 0 bridgehead atoms. The third kappa shape index (κ3) is 5.13. The fraction of sp³-hybridized carbons (Fsp3) is 0.188. The molecule has 0 aromatic heterocycles. The molecule has 0 aliphatic rings. The molecule has 0 atom stereocenters. The van der Waals surface area contributed by atoms with Crippen LogP contribution in [0.5, 0.6) is 0 Å². The number of halogens is 5. The van der Waals surface area contributed by atoms with Crippen molar-refractivity contribution in [3.8, 4) is 0 Å². The van der Waals surface area contributed by atoms with Gasteiger partial charge in [-0.15, -0.1) is 0 Å². The lowest BCUT2D eigenvalue weighted by Gasteiger charge is -2.12. The van der Waals surface area contributed by atoms with Gasteiger partial charge in [0.2, 0.25) is 5.91 Å². The maximum absolute atomic E-state index is 12.7. The highest BCUT2D eigenvalue weighted by Crippen LogP contribution is 2.36. The van der Waals surface area contributed by atoms with Gasteiger partial charge >= 0.3 is 6.18 Å². The molecule has 0 fully saturated rings. The molecular weight excluding hydrogens is 348 g/mol. The number of benzene rings is 2.